The van der Waals surface area contributed by atoms with Gasteiger partial charge in [0, 0.05) is 37.3 Å². The molecule has 0 spiro atoms. The van der Waals surface area contributed by atoms with Gasteiger partial charge in [-0.2, -0.15) is 0 Å². The maximum atomic E-state index is 11.7. The van der Waals surface area contributed by atoms with Crippen molar-refractivity contribution in [2.75, 3.05) is 13.1 Å². The third-order valence-corrected chi connectivity index (χ3v) is 3.66. The van der Waals surface area contributed by atoms with E-state index in [0.29, 0.717) is 11.8 Å². The molecule has 0 N–H and O–H groups in total. The van der Waals surface area contributed by atoms with Crippen LogP contribution in [-0.2, 0) is 11.3 Å². The van der Waals surface area contributed by atoms with Crippen molar-refractivity contribution in [2.24, 2.45) is 5.92 Å². The van der Waals surface area contributed by atoms with Gasteiger partial charge in [-0.1, -0.05) is 6.07 Å². The van der Waals surface area contributed by atoms with E-state index in [9.17, 15) is 9.59 Å². The zero-order valence-corrected chi connectivity index (χ0v) is 9.00. The lowest BCUT2D eigenvalue weighted by Gasteiger charge is -2.41. The van der Waals surface area contributed by atoms with Crippen LogP contribution in [0.3, 0.4) is 0 Å². The standard InChI is InChI=1S/C12H14N2O2/c15-8-13-5-9-4-10(7-13)11-2-1-3-12(16)14(11)6-9/h1-3,8-10H,4-7H2/t9-,10?/m0/s1. The van der Waals surface area contributed by atoms with Gasteiger partial charge in [0.25, 0.3) is 5.56 Å². The number of hydrogen-bond acceptors (Lipinski definition) is 2. The minimum atomic E-state index is 0.0896. The molecule has 1 fully saturated rings. The molecule has 2 bridgehead atoms. The van der Waals surface area contributed by atoms with Crippen LogP contribution in [0, 0.1) is 5.92 Å². The molecule has 1 saturated heterocycles. The Balaban J connectivity index is 2.05. The molecule has 3 heterocycles. The maximum Gasteiger partial charge on any atom is 0.250 e. The van der Waals surface area contributed by atoms with Crippen LogP contribution in [-0.4, -0.2) is 29.0 Å². The molecule has 2 aliphatic heterocycles. The Bertz CT molecular complexity index is 480. The van der Waals surface area contributed by atoms with Gasteiger partial charge in [-0.25, -0.2) is 0 Å². The third-order valence-electron chi connectivity index (χ3n) is 3.66. The van der Waals surface area contributed by atoms with Crippen molar-refractivity contribution in [1.82, 2.24) is 9.47 Å². The number of pyridine rings is 1. The highest BCUT2D eigenvalue weighted by Crippen LogP contribution is 2.34. The van der Waals surface area contributed by atoms with Crippen molar-refractivity contribution in [3.8, 4) is 0 Å². The van der Waals surface area contributed by atoms with E-state index in [2.05, 4.69) is 0 Å². The van der Waals surface area contributed by atoms with Gasteiger partial charge in [-0.05, 0) is 18.4 Å². The second kappa shape index (κ2) is 3.47. The van der Waals surface area contributed by atoms with Gasteiger partial charge in [0.15, 0.2) is 0 Å². The molecule has 0 aliphatic carbocycles. The van der Waals surface area contributed by atoms with E-state index in [1.54, 1.807) is 6.07 Å². The molecule has 4 heteroatoms. The normalized spacial score (nSPS) is 27.4. The van der Waals surface area contributed by atoms with E-state index in [1.807, 2.05) is 21.6 Å². The van der Waals surface area contributed by atoms with E-state index in [-0.39, 0.29) is 5.56 Å². The zero-order valence-electron chi connectivity index (χ0n) is 9.00. The number of amides is 1. The van der Waals surface area contributed by atoms with Gasteiger partial charge in [-0.3, -0.25) is 9.59 Å². The molecular weight excluding hydrogens is 204 g/mol. The molecule has 4 nitrogen and oxygen atoms in total. The highest BCUT2D eigenvalue weighted by Gasteiger charge is 2.33. The number of aromatic nitrogens is 1. The first-order valence-electron chi connectivity index (χ1n) is 5.67. The predicted octanol–water partition coefficient (Wildman–Crippen LogP) is 0.424. The van der Waals surface area contributed by atoms with Crippen molar-refractivity contribution >= 4 is 6.41 Å². The first-order chi connectivity index (χ1) is 7.78. The van der Waals surface area contributed by atoms with Gasteiger partial charge in [0.05, 0.1) is 0 Å². The molecule has 1 amide bonds. The van der Waals surface area contributed by atoms with Gasteiger partial charge >= 0.3 is 0 Å². The summed E-state index contributed by atoms with van der Waals surface area (Å²) in [6, 6.07) is 5.44. The molecule has 1 unspecified atom stereocenters. The molecule has 0 radical (unpaired) electrons. The van der Waals surface area contributed by atoms with Gasteiger partial charge in [-0.15, -0.1) is 0 Å². The van der Waals surface area contributed by atoms with Crippen LogP contribution in [0.5, 0.6) is 0 Å². The van der Waals surface area contributed by atoms with Crippen LogP contribution in [0.4, 0.5) is 0 Å². The molecule has 0 saturated carbocycles. The Hall–Kier alpha value is -1.58. The van der Waals surface area contributed by atoms with Crippen LogP contribution in [0.15, 0.2) is 23.0 Å². The van der Waals surface area contributed by atoms with Gasteiger partial charge < -0.3 is 9.47 Å². The number of nitrogens with zero attached hydrogens (tertiary/aromatic N) is 2. The first-order valence-corrected chi connectivity index (χ1v) is 5.67. The summed E-state index contributed by atoms with van der Waals surface area (Å²) in [7, 11) is 0. The highest BCUT2D eigenvalue weighted by atomic mass is 16.1. The second-order valence-corrected chi connectivity index (χ2v) is 4.76. The predicted molar refractivity (Wildman–Crippen MR) is 59.2 cm³/mol. The Morgan fingerprint density at radius 1 is 1.25 bits per heavy atom. The molecule has 1 aromatic heterocycles. The average Bonchev–Trinajstić information content (AvgIpc) is 2.30. The first kappa shape index (κ1) is 9.63. The number of piperidine rings is 1. The lowest BCUT2D eigenvalue weighted by Crippen LogP contribution is -2.46. The lowest BCUT2D eigenvalue weighted by atomic mass is 9.83. The van der Waals surface area contributed by atoms with Crippen molar-refractivity contribution < 1.29 is 4.79 Å². The van der Waals surface area contributed by atoms with E-state index in [4.69, 9.17) is 0 Å². The summed E-state index contributed by atoms with van der Waals surface area (Å²) < 4.78 is 1.88. The summed E-state index contributed by atoms with van der Waals surface area (Å²) in [5.74, 6) is 0.781. The molecule has 2 aliphatic rings. The van der Waals surface area contributed by atoms with E-state index >= 15 is 0 Å². The molecule has 1 aromatic rings. The average molecular weight is 218 g/mol. The molecule has 16 heavy (non-hydrogen) atoms. The quantitative estimate of drug-likeness (QED) is 0.641. The summed E-state index contributed by atoms with van der Waals surface area (Å²) >= 11 is 0. The van der Waals surface area contributed by atoms with Crippen LogP contribution in [0.2, 0.25) is 0 Å². The monoisotopic (exact) mass is 218 g/mol. The van der Waals surface area contributed by atoms with Gasteiger partial charge in [0.2, 0.25) is 6.41 Å². The second-order valence-electron chi connectivity index (χ2n) is 4.76. The lowest BCUT2D eigenvalue weighted by molar-refractivity contribution is -0.120. The fraction of sp³-hybridized carbons (Fsp3) is 0.500. The van der Waals surface area contributed by atoms with Crippen molar-refractivity contribution in [3.05, 3.63) is 34.2 Å². The van der Waals surface area contributed by atoms with E-state index in [0.717, 1.165) is 38.2 Å². The fourth-order valence-electron chi connectivity index (χ4n) is 3.02. The number of fused-ring (bicyclic) bond motifs is 4. The highest BCUT2D eigenvalue weighted by molar-refractivity contribution is 5.47. The topological polar surface area (TPSA) is 42.3 Å². The minimum absolute atomic E-state index is 0.0896. The number of carbonyl (C=O) groups excluding carboxylic acids is 1. The van der Waals surface area contributed by atoms with Crippen molar-refractivity contribution in [2.45, 2.75) is 18.9 Å². The molecule has 0 aromatic carbocycles. The molecule has 3 rings (SSSR count). The maximum absolute atomic E-state index is 11.7. The van der Waals surface area contributed by atoms with Crippen LogP contribution >= 0.6 is 0 Å². The molecule has 84 valence electrons. The number of likely N-dealkylation sites (tertiary alicyclic amines) is 1. The summed E-state index contributed by atoms with van der Waals surface area (Å²) in [5.41, 5.74) is 1.18. The summed E-state index contributed by atoms with van der Waals surface area (Å²) in [5, 5.41) is 0. The minimum Gasteiger partial charge on any atom is -0.344 e. The van der Waals surface area contributed by atoms with Crippen LogP contribution in [0.1, 0.15) is 18.0 Å². The fourth-order valence-corrected chi connectivity index (χ4v) is 3.02. The van der Waals surface area contributed by atoms with Crippen molar-refractivity contribution in [1.29, 1.82) is 0 Å². The van der Waals surface area contributed by atoms with Crippen molar-refractivity contribution in [3.63, 3.8) is 0 Å². The smallest absolute Gasteiger partial charge is 0.250 e. The number of hydrogen-bond donors (Lipinski definition) is 0. The largest absolute Gasteiger partial charge is 0.344 e. The summed E-state index contributed by atoms with van der Waals surface area (Å²) in [4.78, 5) is 24.4. The third kappa shape index (κ3) is 1.37. The zero-order chi connectivity index (χ0) is 11.1. The van der Waals surface area contributed by atoms with Gasteiger partial charge in [0.1, 0.15) is 0 Å². The van der Waals surface area contributed by atoms with E-state index in [1.165, 1.54) is 0 Å². The summed E-state index contributed by atoms with van der Waals surface area (Å²) in [6.45, 7) is 2.31. The molecular formula is C12H14N2O2. The van der Waals surface area contributed by atoms with Crippen LogP contribution < -0.4 is 5.56 Å². The SMILES string of the molecule is O=CN1CC2C[C@@H](C1)Cn1c2cccc1=O. The summed E-state index contributed by atoms with van der Waals surface area (Å²) in [6.07, 6.45) is 2.03. The Morgan fingerprint density at radius 2 is 2.12 bits per heavy atom. The molecule has 2 atom stereocenters. The Morgan fingerprint density at radius 3 is 2.94 bits per heavy atom. The number of rotatable bonds is 1. The Labute approximate surface area is 93.5 Å². The number of carbonyl (C=O) groups is 1. The van der Waals surface area contributed by atoms with E-state index < -0.39 is 0 Å². The van der Waals surface area contributed by atoms with Crippen LogP contribution in [0.25, 0.3) is 0 Å². The Kier molecular flexibility index (Phi) is 2.09.